The summed E-state index contributed by atoms with van der Waals surface area (Å²) in [4.78, 5) is 25.0. The molecule has 2 aromatic carbocycles. The molecule has 0 spiro atoms. The van der Waals surface area contributed by atoms with Crippen LogP contribution in [0.1, 0.15) is 155 Å². The van der Waals surface area contributed by atoms with Crippen molar-refractivity contribution in [2.75, 3.05) is 10.6 Å². The van der Waals surface area contributed by atoms with Crippen LogP contribution in [0.5, 0.6) is 0 Å². The first kappa shape index (κ1) is 51.9. The second-order valence-electron chi connectivity index (χ2n) is 17.2. The van der Waals surface area contributed by atoms with Gasteiger partial charge in [0.25, 0.3) is 0 Å². The zero-order valence-electron chi connectivity index (χ0n) is 36.3. The SMILES string of the molecule is CCCC(C)(C)C(=O)Nc1cc(F)[c-]c(F)c1CC1CCCCC1.CCCC(C)(C)C(=O)Nc1cc(F)[c-]c(F)c1CC1CCCCC1.[C-]1=CC=CC1.[C-]1=CC=CC1.[Ti+4]. The molecule has 2 saturated carbocycles. The molecule has 59 heavy (non-hydrogen) atoms. The first-order valence-corrected chi connectivity index (χ1v) is 21.5. The zero-order chi connectivity index (χ0) is 42.6. The topological polar surface area (TPSA) is 58.2 Å². The van der Waals surface area contributed by atoms with E-state index >= 15 is 0 Å². The van der Waals surface area contributed by atoms with Crippen molar-refractivity contribution in [2.45, 2.75) is 157 Å². The summed E-state index contributed by atoms with van der Waals surface area (Å²) in [7, 11) is 0. The van der Waals surface area contributed by atoms with Crippen molar-refractivity contribution in [1.29, 1.82) is 0 Å². The van der Waals surface area contributed by atoms with E-state index in [0.29, 0.717) is 35.8 Å². The van der Waals surface area contributed by atoms with Crippen LogP contribution in [0.4, 0.5) is 28.9 Å². The number of allylic oxidation sites excluding steroid dienone is 8. The molecule has 2 amide bonds. The smallest absolute Gasteiger partial charge is 0.348 e. The molecule has 6 rings (SSSR count). The maximum Gasteiger partial charge on any atom is 4.00 e. The minimum absolute atomic E-state index is 0. The van der Waals surface area contributed by atoms with Gasteiger partial charge < -0.3 is 10.6 Å². The molecule has 320 valence electrons. The molecule has 4 nitrogen and oxygen atoms in total. The summed E-state index contributed by atoms with van der Waals surface area (Å²) >= 11 is 0. The van der Waals surface area contributed by atoms with Gasteiger partial charge in [0.2, 0.25) is 11.8 Å². The summed E-state index contributed by atoms with van der Waals surface area (Å²) in [6, 6.07) is 6.63. The van der Waals surface area contributed by atoms with Crippen molar-refractivity contribution in [2.24, 2.45) is 22.7 Å². The van der Waals surface area contributed by atoms with Gasteiger partial charge in [0.1, 0.15) is 0 Å². The van der Waals surface area contributed by atoms with Gasteiger partial charge in [0, 0.05) is 34.1 Å². The Morgan fingerprint density at radius 3 is 1.25 bits per heavy atom. The normalized spacial score (nSPS) is 16.2. The van der Waals surface area contributed by atoms with E-state index in [1.807, 2.05) is 65.8 Å². The number of amides is 2. The van der Waals surface area contributed by atoms with E-state index in [1.165, 1.54) is 25.0 Å². The third kappa shape index (κ3) is 18.5. The molecule has 2 N–H and O–H groups in total. The molecule has 0 radical (unpaired) electrons. The molecule has 9 heteroatoms. The summed E-state index contributed by atoms with van der Waals surface area (Å²) in [5, 5.41) is 5.54. The van der Waals surface area contributed by atoms with Gasteiger partial charge in [-0.25, -0.2) is 41.9 Å². The number of nitrogens with one attached hydrogen (secondary N) is 2. The van der Waals surface area contributed by atoms with Gasteiger partial charge in [-0.1, -0.05) is 154 Å². The summed E-state index contributed by atoms with van der Waals surface area (Å²) in [6.45, 7) is 11.5. The molecule has 0 bridgehead atoms. The van der Waals surface area contributed by atoms with Crippen LogP contribution in [0.15, 0.2) is 48.6 Å². The average molecular weight is 851 g/mol. The van der Waals surface area contributed by atoms with E-state index in [-0.39, 0.29) is 44.9 Å². The minimum Gasteiger partial charge on any atom is -0.348 e. The van der Waals surface area contributed by atoms with Crippen LogP contribution in [-0.4, -0.2) is 11.8 Å². The second-order valence-corrected chi connectivity index (χ2v) is 17.2. The summed E-state index contributed by atoms with van der Waals surface area (Å²) in [6.07, 6.45) is 35.6. The van der Waals surface area contributed by atoms with Gasteiger partial charge in [0.15, 0.2) is 0 Å². The average Bonchev–Trinajstić information content (AvgIpc) is 3.97. The molecule has 0 aliphatic heterocycles. The number of benzene rings is 2. The standard InChI is InChI=1S/2C20H28F2NO.2C5H5.Ti/c2*1-4-10-20(2,3)19(24)23-18-13-15(21)12-17(22)16(18)11-14-8-6-5-7-9-14;2*1-2-4-5-3-1;/h2*13-14H,4-11H2,1-3H3,(H,23,24);2*1-3H,4H2;/q4*-1;+4. The third-order valence-corrected chi connectivity index (χ3v) is 11.3. The number of anilines is 2. The Morgan fingerprint density at radius 1 is 0.627 bits per heavy atom. The number of hydrogen-bond acceptors (Lipinski definition) is 2. The third-order valence-electron chi connectivity index (χ3n) is 11.3. The largest absolute Gasteiger partial charge is 4.00 e. The quantitative estimate of drug-likeness (QED) is 0.127. The Hall–Kier alpha value is -3.23. The van der Waals surface area contributed by atoms with Crippen LogP contribution in [-0.2, 0) is 44.1 Å². The molecule has 4 aliphatic rings. The Morgan fingerprint density at radius 2 is 0.983 bits per heavy atom. The maximum atomic E-state index is 14.3. The van der Waals surface area contributed by atoms with E-state index in [0.717, 1.165) is 89.9 Å². The summed E-state index contributed by atoms with van der Waals surface area (Å²) in [5.41, 5.74) is 0.187. The van der Waals surface area contributed by atoms with Gasteiger partial charge >= 0.3 is 21.7 Å². The molecule has 0 saturated heterocycles. The molecule has 0 heterocycles. The Labute approximate surface area is 368 Å². The van der Waals surface area contributed by atoms with Crippen LogP contribution in [0, 0.1) is 70.2 Å². The number of halogens is 4. The first-order valence-electron chi connectivity index (χ1n) is 21.5. The predicted octanol–water partition coefficient (Wildman–Crippen LogP) is 13.9. The van der Waals surface area contributed by atoms with Crippen molar-refractivity contribution in [3.05, 3.63) is 107 Å². The summed E-state index contributed by atoms with van der Waals surface area (Å²) < 4.78 is 55.9. The summed E-state index contributed by atoms with van der Waals surface area (Å²) in [5.74, 6) is -2.50. The van der Waals surface area contributed by atoms with Gasteiger partial charge in [0.05, 0.1) is 0 Å². The second kappa shape index (κ2) is 26.9. The Balaban J connectivity index is 0.000000323. The van der Waals surface area contributed by atoms with Gasteiger partial charge in [-0.05, 0) is 24.7 Å². The number of rotatable bonds is 12. The molecule has 4 aliphatic carbocycles. The molecular formula is C50H66F4N2O2Ti. The molecule has 2 fully saturated rings. The van der Waals surface area contributed by atoms with E-state index in [4.69, 9.17) is 0 Å². The predicted molar refractivity (Wildman–Crippen MR) is 229 cm³/mol. The first-order chi connectivity index (χ1) is 27.7. The van der Waals surface area contributed by atoms with Gasteiger partial charge in [-0.3, -0.25) is 21.7 Å². The fourth-order valence-corrected chi connectivity index (χ4v) is 7.82. The molecule has 0 atom stereocenters. The van der Waals surface area contributed by atoms with Crippen molar-refractivity contribution in [1.82, 2.24) is 0 Å². The zero-order valence-corrected chi connectivity index (χ0v) is 37.9. The minimum atomic E-state index is -0.775. The van der Waals surface area contributed by atoms with Crippen molar-refractivity contribution < 1.29 is 48.9 Å². The van der Waals surface area contributed by atoms with Crippen molar-refractivity contribution in [3.63, 3.8) is 0 Å². The van der Waals surface area contributed by atoms with E-state index < -0.39 is 34.1 Å². The van der Waals surface area contributed by atoms with E-state index in [2.05, 4.69) is 47.1 Å². The van der Waals surface area contributed by atoms with Crippen LogP contribution in [0.3, 0.4) is 0 Å². The fourth-order valence-electron chi connectivity index (χ4n) is 7.82. The monoisotopic (exact) mass is 850 g/mol. The van der Waals surface area contributed by atoms with Crippen LogP contribution < -0.4 is 10.6 Å². The molecular weight excluding hydrogens is 784 g/mol. The number of carbonyl (C=O) groups is 2. The van der Waals surface area contributed by atoms with Crippen LogP contribution in [0.2, 0.25) is 0 Å². The fraction of sp³-hybridized carbons (Fsp3) is 0.560. The number of hydrogen-bond donors (Lipinski definition) is 2. The molecule has 2 aromatic rings. The van der Waals surface area contributed by atoms with E-state index in [9.17, 15) is 27.2 Å². The van der Waals surface area contributed by atoms with Crippen LogP contribution >= 0.6 is 0 Å². The Kier molecular flexibility index (Phi) is 23.6. The molecule has 0 unspecified atom stereocenters. The maximum absolute atomic E-state index is 14.3. The van der Waals surface area contributed by atoms with E-state index in [1.54, 1.807) is 0 Å². The van der Waals surface area contributed by atoms with Crippen molar-refractivity contribution >= 4 is 23.2 Å². The van der Waals surface area contributed by atoms with Crippen LogP contribution in [0.25, 0.3) is 0 Å². The molecule has 0 aromatic heterocycles. The van der Waals surface area contributed by atoms with Gasteiger partial charge in [-0.2, -0.15) is 12.2 Å². The van der Waals surface area contributed by atoms with Gasteiger partial charge in [-0.15, -0.1) is 37.1 Å². The van der Waals surface area contributed by atoms with Crippen molar-refractivity contribution in [3.8, 4) is 0 Å². The number of carbonyl (C=O) groups excluding carboxylic acids is 2. The Bertz CT molecular complexity index is 1570.